The van der Waals surface area contributed by atoms with Crippen LogP contribution in [0.2, 0.25) is 0 Å². The zero-order valence-electron chi connectivity index (χ0n) is 5.72. The summed E-state index contributed by atoms with van der Waals surface area (Å²) in [5.41, 5.74) is 1.41. The van der Waals surface area contributed by atoms with Gasteiger partial charge in [-0.1, -0.05) is 13.8 Å². The second-order valence-electron chi connectivity index (χ2n) is 2.82. The van der Waals surface area contributed by atoms with Gasteiger partial charge < -0.3 is 4.42 Å². The molecule has 0 saturated carbocycles. The predicted molar refractivity (Wildman–Crippen MR) is 35.5 cm³/mol. The van der Waals surface area contributed by atoms with Crippen LogP contribution in [0, 0.1) is 0 Å². The van der Waals surface area contributed by atoms with Crippen molar-refractivity contribution in [3.05, 3.63) is 23.7 Å². The van der Waals surface area contributed by atoms with E-state index in [9.17, 15) is 0 Å². The molecule has 1 aromatic heterocycles. The van der Waals surface area contributed by atoms with Crippen molar-refractivity contribution in [2.45, 2.75) is 25.7 Å². The normalized spacial score (nSPS) is 31.3. The van der Waals surface area contributed by atoms with E-state index in [1.165, 1.54) is 11.3 Å². The van der Waals surface area contributed by atoms with E-state index in [-0.39, 0.29) is 0 Å². The Morgan fingerprint density at radius 1 is 1.33 bits per heavy atom. The van der Waals surface area contributed by atoms with Crippen LogP contribution < -0.4 is 0 Å². The van der Waals surface area contributed by atoms with Crippen LogP contribution in [0.25, 0.3) is 0 Å². The van der Waals surface area contributed by atoms with Crippen molar-refractivity contribution in [1.29, 1.82) is 0 Å². The van der Waals surface area contributed by atoms with Gasteiger partial charge in [0.25, 0.3) is 0 Å². The van der Waals surface area contributed by atoms with Crippen LogP contribution >= 0.6 is 0 Å². The molecule has 0 amide bonds. The summed E-state index contributed by atoms with van der Waals surface area (Å²) >= 11 is 0. The summed E-state index contributed by atoms with van der Waals surface area (Å²) in [7, 11) is 0. The van der Waals surface area contributed by atoms with Crippen molar-refractivity contribution in [3.8, 4) is 0 Å². The highest BCUT2D eigenvalue weighted by Gasteiger charge is 2.33. The lowest BCUT2D eigenvalue weighted by Crippen LogP contribution is -2.16. The van der Waals surface area contributed by atoms with Gasteiger partial charge in [0, 0.05) is 5.92 Å². The Labute approximate surface area is 54.7 Å². The minimum absolute atomic E-state index is 0.648. The van der Waals surface area contributed by atoms with Crippen LogP contribution in [0.5, 0.6) is 0 Å². The Bertz CT molecular complexity index is 202. The fourth-order valence-electron chi connectivity index (χ4n) is 1.48. The van der Waals surface area contributed by atoms with Crippen molar-refractivity contribution in [1.82, 2.24) is 0 Å². The van der Waals surface area contributed by atoms with E-state index >= 15 is 0 Å². The smallest absolute Gasteiger partial charge is 0.110 e. The van der Waals surface area contributed by atoms with Gasteiger partial charge >= 0.3 is 0 Å². The van der Waals surface area contributed by atoms with E-state index in [2.05, 4.69) is 19.9 Å². The van der Waals surface area contributed by atoms with Crippen LogP contribution in [0.15, 0.2) is 16.7 Å². The summed E-state index contributed by atoms with van der Waals surface area (Å²) in [5.74, 6) is 2.57. The van der Waals surface area contributed by atoms with E-state index in [4.69, 9.17) is 4.42 Å². The number of furan rings is 1. The summed E-state index contributed by atoms with van der Waals surface area (Å²) in [6, 6.07) is 2.07. The predicted octanol–water partition coefficient (Wildman–Crippen LogP) is 2.50. The largest absolute Gasteiger partial charge is 0.469 e. The summed E-state index contributed by atoms with van der Waals surface area (Å²) in [6.07, 6.45) is 1.78. The van der Waals surface area contributed by atoms with Crippen LogP contribution in [0.4, 0.5) is 0 Å². The highest BCUT2D eigenvalue weighted by Crippen LogP contribution is 2.46. The second-order valence-corrected chi connectivity index (χ2v) is 2.82. The minimum Gasteiger partial charge on any atom is -0.469 e. The number of rotatable bonds is 0. The fourth-order valence-corrected chi connectivity index (χ4v) is 1.48. The molecule has 2 rings (SSSR count). The lowest BCUT2D eigenvalue weighted by molar-refractivity contribution is 0.393. The van der Waals surface area contributed by atoms with E-state index in [0.717, 1.165) is 5.92 Å². The quantitative estimate of drug-likeness (QED) is 0.515. The highest BCUT2D eigenvalue weighted by molar-refractivity contribution is 5.36. The molecular weight excluding hydrogens is 112 g/mol. The van der Waals surface area contributed by atoms with E-state index in [0.29, 0.717) is 5.92 Å². The Morgan fingerprint density at radius 3 is 2.78 bits per heavy atom. The van der Waals surface area contributed by atoms with Crippen LogP contribution in [0.3, 0.4) is 0 Å². The molecule has 1 aromatic rings. The molecule has 0 aliphatic heterocycles. The van der Waals surface area contributed by atoms with Gasteiger partial charge in [-0.15, -0.1) is 0 Å². The van der Waals surface area contributed by atoms with Crippen molar-refractivity contribution in [2.24, 2.45) is 0 Å². The van der Waals surface area contributed by atoms with Gasteiger partial charge in [0.1, 0.15) is 5.76 Å². The summed E-state index contributed by atoms with van der Waals surface area (Å²) in [4.78, 5) is 0. The SMILES string of the molecule is CC1c2ccoc2C1C. The molecule has 9 heavy (non-hydrogen) atoms. The summed E-state index contributed by atoms with van der Waals surface area (Å²) < 4.78 is 5.23. The minimum atomic E-state index is 0.648. The van der Waals surface area contributed by atoms with Crippen LogP contribution in [-0.4, -0.2) is 0 Å². The van der Waals surface area contributed by atoms with Crippen molar-refractivity contribution in [2.75, 3.05) is 0 Å². The average molecular weight is 122 g/mol. The molecule has 48 valence electrons. The zero-order chi connectivity index (χ0) is 6.43. The van der Waals surface area contributed by atoms with E-state index in [1.54, 1.807) is 6.26 Å². The molecule has 1 heterocycles. The molecule has 0 aromatic carbocycles. The van der Waals surface area contributed by atoms with Crippen molar-refractivity contribution < 1.29 is 4.42 Å². The number of hydrogen-bond acceptors (Lipinski definition) is 1. The number of hydrogen-bond donors (Lipinski definition) is 0. The maximum atomic E-state index is 5.23. The third-order valence-corrected chi connectivity index (χ3v) is 2.38. The van der Waals surface area contributed by atoms with Gasteiger partial charge in [-0.25, -0.2) is 0 Å². The lowest BCUT2D eigenvalue weighted by atomic mass is 9.75. The maximum Gasteiger partial charge on any atom is 0.110 e. The number of fused-ring (bicyclic) bond motifs is 1. The van der Waals surface area contributed by atoms with Crippen LogP contribution in [-0.2, 0) is 0 Å². The maximum absolute atomic E-state index is 5.23. The lowest BCUT2D eigenvalue weighted by Gasteiger charge is -2.28. The first kappa shape index (κ1) is 5.10. The molecule has 0 radical (unpaired) electrons. The summed E-state index contributed by atoms with van der Waals surface area (Å²) in [5, 5.41) is 0. The first-order valence-electron chi connectivity index (χ1n) is 3.38. The van der Waals surface area contributed by atoms with Gasteiger partial charge in [-0.3, -0.25) is 0 Å². The highest BCUT2D eigenvalue weighted by atomic mass is 16.3. The van der Waals surface area contributed by atoms with Gasteiger partial charge in [0.05, 0.1) is 6.26 Å². The van der Waals surface area contributed by atoms with Gasteiger partial charge in [-0.05, 0) is 17.5 Å². The van der Waals surface area contributed by atoms with Gasteiger partial charge in [0.15, 0.2) is 0 Å². The molecule has 2 atom stereocenters. The Kier molecular flexibility index (Phi) is 0.797. The molecule has 1 heteroatoms. The molecular formula is C8H10O. The van der Waals surface area contributed by atoms with Gasteiger partial charge in [-0.2, -0.15) is 0 Å². The van der Waals surface area contributed by atoms with E-state index in [1.807, 2.05) is 0 Å². The fraction of sp³-hybridized carbons (Fsp3) is 0.500. The standard InChI is InChI=1S/C8H10O/c1-5-6(2)8-7(5)3-4-9-8/h3-6H,1-2H3. The first-order chi connectivity index (χ1) is 4.30. The molecule has 1 aliphatic carbocycles. The molecule has 1 aliphatic rings. The molecule has 2 unspecified atom stereocenters. The molecule has 0 saturated heterocycles. The summed E-state index contributed by atoms with van der Waals surface area (Å²) in [6.45, 7) is 4.44. The molecule has 0 fully saturated rings. The third kappa shape index (κ3) is 0.448. The van der Waals surface area contributed by atoms with Crippen molar-refractivity contribution >= 4 is 0 Å². The molecule has 0 N–H and O–H groups in total. The van der Waals surface area contributed by atoms with Gasteiger partial charge in [0.2, 0.25) is 0 Å². The van der Waals surface area contributed by atoms with Crippen molar-refractivity contribution in [3.63, 3.8) is 0 Å². The first-order valence-corrected chi connectivity index (χ1v) is 3.38. The van der Waals surface area contributed by atoms with E-state index < -0.39 is 0 Å². The molecule has 1 nitrogen and oxygen atoms in total. The average Bonchev–Trinajstić information content (AvgIpc) is 2.30. The van der Waals surface area contributed by atoms with Crippen LogP contribution in [0.1, 0.15) is 37.0 Å². The Hall–Kier alpha value is -0.720. The monoisotopic (exact) mass is 122 g/mol. The third-order valence-electron chi connectivity index (χ3n) is 2.38. The Morgan fingerprint density at radius 2 is 2.11 bits per heavy atom. The second kappa shape index (κ2) is 1.41. The topological polar surface area (TPSA) is 13.1 Å². The molecule has 0 spiro atoms. The molecule has 0 bridgehead atoms. The zero-order valence-corrected chi connectivity index (χ0v) is 5.72. The Balaban J connectivity index is 2.50.